The quantitative estimate of drug-likeness (QED) is 0.736. The van der Waals surface area contributed by atoms with Crippen LogP contribution in [0.2, 0.25) is 0 Å². The highest BCUT2D eigenvalue weighted by Gasteiger charge is 2.42. The monoisotopic (exact) mass is 350 g/mol. The highest BCUT2D eigenvalue weighted by molar-refractivity contribution is 5.85. The molecule has 2 N–H and O–H groups in total. The third kappa shape index (κ3) is 6.29. The third-order valence-corrected chi connectivity index (χ3v) is 3.37. The molecule has 0 aliphatic carbocycles. The van der Waals surface area contributed by atoms with Crippen molar-refractivity contribution in [1.29, 1.82) is 0 Å². The Hall–Kier alpha value is -1.44. The molecule has 1 saturated heterocycles. The molecule has 1 atom stereocenters. The lowest BCUT2D eigenvalue weighted by atomic mass is 10.1. The lowest BCUT2D eigenvalue weighted by Crippen LogP contribution is -2.39. The highest BCUT2D eigenvalue weighted by Crippen LogP contribution is 2.25. The lowest BCUT2D eigenvalue weighted by Gasteiger charge is -2.11. The standard InChI is InChI=1S/C15H20F2N2O3.ClH/c1-21-6-7-22-12-4-2-11(3-5-12)9-18-14(20)13-8-15(16,17)10-19-13;/h2-5,13,19H,6-10H2,1H3,(H,18,20);1H. The Bertz CT molecular complexity index is 500. The van der Waals surface area contributed by atoms with Gasteiger partial charge >= 0.3 is 0 Å². The van der Waals surface area contributed by atoms with Crippen molar-refractivity contribution in [3.8, 4) is 5.75 Å². The predicted molar refractivity (Wildman–Crippen MR) is 84.3 cm³/mol. The van der Waals surface area contributed by atoms with Crippen LogP contribution in [0.4, 0.5) is 8.78 Å². The zero-order valence-electron chi connectivity index (χ0n) is 12.8. The van der Waals surface area contributed by atoms with Gasteiger partial charge in [0.05, 0.1) is 19.2 Å². The summed E-state index contributed by atoms with van der Waals surface area (Å²) < 4.78 is 36.4. The summed E-state index contributed by atoms with van der Waals surface area (Å²) in [5, 5.41) is 5.18. The Morgan fingerprint density at radius 1 is 1.35 bits per heavy atom. The van der Waals surface area contributed by atoms with Crippen LogP contribution in [0.15, 0.2) is 24.3 Å². The average molecular weight is 351 g/mol. The van der Waals surface area contributed by atoms with Crippen molar-refractivity contribution in [3.05, 3.63) is 29.8 Å². The van der Waals surface area contributed by atoms with E-state index in [2.05, 4.69) is 10.6 Å². The first-order chi connectivity index (χ1) is 10.5. The van der Waals surface area contributed by atoms with Crippen molar-refractivity contribution in [2.24, 2.45) is 0 Å². The molecule has 0 radical (unpaired) electrons. The molecule has 0 bridgehead atoms. The first-order valence-corrected chi connectivity index (χ1v) is 7.10. The smallest absolute Gasteiger partial charge is 0.262 e. The third-order valence-electron chi connectivity index (χ3n) is 3.37. The number of hydrogen-bond donors (Lipinski definition) is 2. The molecule has 1 amide bonds. The van der Waals surface area contributed by atoms with Gasteiger partial charge in [0.25, 0.3) is 5.92 Å². The molecule has 2 rings (SSSR count). The van der Waals surface area contributed by atoms with E-state index in [0.29, 0.717) is 25.5 Å². The van der Waals surface area contributed by atoms with Crippen LogP contribution in [-0.2, 0) is 16.1 Å². The molecule has 5 nitrogen and oxygen atoms in total. The number of carbonyl (C=O) groups is 1. The van der Waals surface area contributed by atoms with Crippen LogP contribution in [-0.4, -0.2) is 44.7 Å². The summed E-state index contributed by atoms with van der Waals surface area (Å²) in [5.74, 6) is -2.50. The molecule has 1 aromatic rings. The number of nitrogens with one attached hydrogen (secondary N) is 2. The van der Waals surface area contributed by atoms with Crippen LogP contribution >= 0.6 is 12.4 Å². The zero-order valence-corrected chi connectivity index (χ0v) is 13.6. The van der Waals surface area contributed by atoms with E-state index < -0.39 is 30.8 Å². The van der Waals surface area contributed by atoms with Crippen LogP contribution in [0.1, 0.15) is 12.0 Å². The molecule has 8 heteroatoms. The summed E-state index contributed by atoms with van der Waals surface area (Å²) in [6.45, 7) is 0.824. The van der Waals surface area contributed by atoms with Crippen LogP contribution in [0.25, 0.3) is 0 Å². The summed E-state index contributed by atoms with van der Waals surface area (Å²) in [6.07, 6.45) is -0.453. The maximum atomic E-state index is 13.0. The van der Waals surface area contributed by atoms with Crippen molar-refractivity contribution in [1.82, 2.24) is 10.6 Å². The molecular formula is C15H21ClF2N2O3. The van der Waals surface area contributed by atoms with Crippen molar-refractivity contribution in [3.63, 3.8) is 0 Å². The van der Waals surface area contributed by atoms with Gasteiger partial charge in [-0.2, -0.15) is 0 Å². The van der Waals surface area contributed by atoms with Crippen molar-refractivity contribution < 1.29 is 23.0 Å². The molecule has 0 aromatic heterocycles. The maximum absolute atomic E-state index is 13.0. The molecule has 23 heavy (non-hydrogen) atoms. The summed E-state index contributed by atoms with van der Waals surface area (Å²) in [5.41, 5.74) is 0.872. The topological polar surface area (TPSA) is 59.6 Å². The summed E-state index contributed by atoms with van der Waals surface area (Å²) in [4.78, 5) is 11.8. The molecule has 1 aromatic carbocycles. The van der Waals surface area contributed by atoms with Gasteiger partial charge in [0.1, 0.15) is 12.4 Å². The molecule has 1 heterocycles. The van der Waals surface area contributed by atoms with Gasteiger partial charge in [0.15, 0.2) is 0 Å². The van der Waals surface area contributed by atoms with Gasteiger partial charge in [-0.25, -0.2) is 8.78 Å². The van der Waals surface area contributed by atoms with Crippen LogP contribution in [0.3, 0.4) is 0 Å². The highest BCUT2D eigenvalue weighted by atomic mass is 35.5. The Labute approximate surface area is 140 Å². The van der Waals surface area contributed by atoms with Gasteiger partial charge in [-0.15, -0.1) is 12.4 Å². The van der Waals surface area contributed by atoms with Crippen molar-refractivity contribution >= 4 is 18.3 Å². The fourth-order valence-electron chi connectivity index (χ4n) is 2.16. The van der Waals surface area contributed by atoms with Gasteiger partial charge in [-0.3, -0.25) is 10.1 Å². The number of amides is 1. The number of ether oxygens (including phenoxy) is 2. The minimum absolute atomic E-state index is 0. The van der Waals surface area contributed by atoms with E-state index in [1.165, 1.54) is 0 Å². The first kappa shape index (κ1) is 19.6. The summed E-state index contributed by atoms with van der Waals surface area (Å²) >= 11 is 0. The predicted octanol–water partition coefficient (Wildman–Crippen LogP) is 1.75. The Morgan fingerprint density at radius 2 is 2.04 bits per heavy atom. The maximum Gasteiger partial charge on any atom is 0.262 e. The minimum atomic E-state index is -2.80. The molecule has 130 valence electrons. The number of hydrogen-bond acceptors (Lipinski definition) is 4. The fourth-order valence-corrected chi connectivity index (χ4v) is 2.16. The van der Waals surface area contributed by atoms with E-state index in [4.69, 9.17) is 9.47 Å². The van der Waals surface area contributed by atoms with E-state index in [-0.39, 0.29) is 12.4 Å². The first-order valence-electron chi connectivity index (χ1n) is 7.10. The van der Waals surface area contributed by atoms with Gasteiger partial charge in [-0.05, 0) is 17.7 Å². The number of alkyl halides is 2. The van der Waals surface area contributed by atoms with Crippen molar-refractivity contribution in [2.75, 3.05) is 26.9 Å². The summed E-state index contributed by atoms with van der Waals surface area (Å²) in [7, 11) is 1.60. The van der Waals surface area contributed by atoms with Crippen molar-refractivity contribution in [2.45, 2.75) is 24.9 Å². The molecule has 1 aliphatic heterocycles. The van der Waals surface area contributed by atoms with Crippen LogP contribution < -0.4 is 15.4 Å². The fraction of sp³-hybridized carbons (Fsp3) is 0.533. The van der Waals surface area contributed by atoms with Gasteiger partial charge < -0.3 is 14.8 Å². The van der Waals surface area contributed by atoms with E-state index >= 15 is 0 Å². The number of rotatable bonds is 7. The molecule has 1 aliphatic rings. The number of benzene rings is 1. The lowest BCUT2D eigenvalue weighted by molar-refractivity contribution is -0.123. The summed E-state index contributed by atoms with van der Waals surface area (Å²) in [6, 6.07) is 6.39. The van der Waals surface area contributed by atoms with E-state index in [0.717, 1.165) is 5.56 Å². The van der Waals surface area contributed by atoms with Gasteiger partial charge in [0, 0.05) is 20.1 Å². The van der Waals surface area contributed by atoms with E-state index in [1.807, 2.05) is 12.1 Å². The second-order valence-electron chi connectivity index (χ2n) is 5.20. The van der Waals surface area contributed by atoms with E-state index in [9.17, 15) is 13.6 Å². The van der Waals surface area contributed by atoms with Gasteiger partial charge in [0.2, 0.25) is 5.91 Å². The molecular weight excluding hydrogens is 330 g/mol. The average Bonchev–Trinajstić information content (AvgIpc) is 2.87. The number of methoxy groups -OCH3 is 1. The molecule has 0 saturated carbocycles. The number of carbonyl (C=O) groups excluding carboxylic acids is 1. The second-order valence-corrected chi connectivity index (χ2v) is 5.20. The van der Waals surface area contributed by atoms with Crippen LogP contribution in [0, 0.1) is 0 Å². The van der Waals surface area contributed by atoms with Crippen LogP contribution in [0.5, 0.6) is 5.75 Å². The molecule has 1 unspecified atom stereocenters. The SMILES string of the molecule is COCCOc1ccc(CNC(=O)C2CC(F)(F)CN2)cc1.Cl. The Morgan fingerprint density at radius 3 is 2.61 bits per heavy atom. The number of halogens is 3. The largest absolute Gasteiger partial charge is 0.491 e. The second kappa shape index (κ2) is 9.00. The zero-order chi connectivity index (χ0) is 16.0. The Balaban J connectivity index is 0.00000264. The van der Waals surface area contributed by atoms with E-state index in [1.54, 1.807) is 19.2 Å². The Kier molecular flexibility index (Phi) is 7.67. The minimum Gasteiger partial charge on any atom is -0.491 e. The normalized spacial score (nSPS) is 19.0. The molecule has 0 spiro atoms. The van der Waals surface area contributed by atoms with Gasteiger partial charge in [-0.1, -0.05) is 12.1 Å². The molecule has 1 fully saturated rings.